The lowest BCUT2D eigenvalue weighted by Crippen LogP contribution is -2.55. The van der Waals surface area contributed by atoms with E-state index in [-0.39, 0.29) is 33.9 Å². The van der Waals surface area contributed by atoms with E-state index in [1.807, 2.05) is 6.92 Å². The van der Waals surface area contributed by atoms with Crippen LogP contribution in [0.3, 0.4) is 0 Å². The second-order valence-corrected chi connectivity index (χ2v) is 9.64. The van der Waals surface area contributed by atoms with Crippen LogP contribution in [0.25, 0.3) is 10.9 Å². The number of carboxylic acids is 1. The monoisotopic (exact) mass is 494 g/mol. The van der Waals surface area contributed by atoms with Gasteiger partial charge < -0.3 is 24.8 Å². The van der Waals surface area contributed by atoms with Gasteiger partial charge in [-0.2, -0.15) is 12.6 Å². The molecule has 33 heavy (non-hydrogen) atoms. The molecule has 0 bridgehead atoms. The van der Waals surface area contributed by atoms with Gasteiger partial charge in [-0.1, -0.05) is 11.8 Å². The number of nitrogens with one attached hydrogen (secondary N) is 1. The molecule has 0 radical (unpaired) electrons. The van der Waals surface area contributed by atoms with E-state index >= 15 is 4.39 Å². The predicted octanol–water partition coefficient (Wildman–Crippen LogP) is 1.55. The van der Waals surface area contributed by atoms with E-state index in [1.54, 1.807) is 20.4 Å². The Bertz CT molecular complexity index is 1230. The van der Waals surface area contributed by atoms with Gasteiger partial charge in [0.15, 0.2) is 0 Å². The Labute approximate surface area is 198 Å². The third-order valence-corrected chi connectivity index (χ3v) is 7.42. The van der Waals surface area contributed by atoms with Crippen LogP contribution in [0.2, 0.25) is 0 Å². The van der Waals surface area contributed by atoms with E-state index in [2.05, 4.69) is 17.9 Å². The first-order valence-electron chi connectivity index (χ1n) is 10.4. The summed E-state index contributed by atoms with van der Waals surface area (Å²) < 4.78 is 16.8. The summed E-state index contributed by atoms with van der Waals surface area (Å²) in [4.78, 5) is 51.8. The zero-order chi connectivity index (χ0) is 24.0. The molecule has 2 aliphatic heterocycles. The smallest absolute Gasteiger partial charge is 0.342 e. The molecule has 1 aromatic carbocycles. The lowest BCUT2D eigenvalue weighted by Gasteiger charge is -2.38. The molecule has 1 aromatic heterocycles. The van der Waals surface area contributed by atoms with Crippen molar-refractivity contribution in [3.8, 4) is 0 Å². The molecule has 0 aliphatic carbocycles. The lowest BCUT2D eigenvalue weighted by atomic mass is 10.1. The molecule has 0 saturated carbocycles. The van der Waals surface area contributed by atoms with Gasteiger partial charge in [-0.05, 0) is 19.1 Å². The number of piperazine rings is 1. The molecule has 9 nitrogen and oxygen atoms in total. The maximum Gasteiger partial charge on any atom is 0.342 e. The Morgan fingerprint density at radius 2 is 1.94 bits per heavy atom. The van der Waals surface area contributed by atoms with Crippen LogP contribution in [0.4, 0.5) is 10.1 Å². The maximum absolute atomic E-state index is 15.1. The van der Waals surface area contributed by atoms with Gasteiger partial charge in [0.25, 0.3) is 0 Å². The number of benzene rings is 1. The highest BCUT2D eigenvalue weighted by atomic mass is 32.2. The van der Waals surface area contributed by atoms with Crippen molar-refractivity contribution >= 4 is 58.8 Å². The first kappa shape index (κ1) is 23.4. The highest BCUT2D eigenvalue weighted by Gasteiger charge is 2.34. The van der Waals surface area contributed by atoms with E-state index in [0.717, 1.165) is 6.07 Å². The number of hydrogen-bond acceptors (Lipinski definition) is 7. The number of carbonyl (C=O) groups is 3. The van der Waals surface area contributed by atoms with E-state index in [1.165, 1.54) is 18.7 Å². The van der Waals surface area contributed by atoms with Gasteiger partial charge in [0.05, 0.1) is 21.6 Å². The average Bonchev–Trinajstić information content (AvgIpc) is 2.76. The quantitative estimate of drug-likeness (QED) is 0.541. The number of fused-ring (bicyclic) bond motifs is 3. The van der Waals surface area contributed by atoms with Crippen molar-refractivity contribution in [2.75, 3.05) is 36.8 Å². The molecule has 4 rings (SSSR count). The Balaban J connectivity index is 1.62. The van der Waals surface area contributed by atoms with Crippen molar-refractivity contribution in [1.29, 1.82) is 0 Å². The van der Waals surface area contributed by atoms with Gasteiger partial charge >= 0.3 is 5.97 Å². The molecular weight excluding hydrogens is 471 g/mol. The largest absolute Gasteiger partial charge is 0.477 e. The van der Waals surface area contributed by atoms with Crippen molar-refractivity contribution in [1.82, 2.24) is 14.8 Å². The van der Waals surface area contributed by atoms with E-state index in [4.69, 9.17) is 0 Å². The van der Waals surface area contributed by atoms with Gasteiger partial charge in [0.1, 0.15) is 17.4 Å². The molecule has 0 spiro atoms. The minimum atomic E-state index is -1.32. The first-order valence-corrected chi connectivity index (χ1v) is 11.9. The summed E-state index contributed by atoms with van der Waals surface area (Å²) in [5, 5.41) is 12.4. The fourth-order valence-electron chi connectivity index (χ4n) is 4.29. The highest BCUT2D eigenvalue weighted by Crippen LogP contribution is 2.46. The summed E-state index contributed by atoms with van der Waals surface area (Å²) in [6.07, 6.45) is 0. The van der Waals surface area contributed by atoms with E-state index in [0.29, 0.717) is 42.4 Å². The van der Waals surface area contributed by atoms with Crippen molar-refractivity contribution in [2.45, 2.75) is 30.3 Å². The minimum Gasteiger partial charge on any atom is -0.477 e. The van der Waals surface area contributed by atoms with Crippen molar-refractivity contribution in [2.24, 2.45) is 0 Å². The topological polar surface area (TPSA) is 112 Å². The van der Waals surface area contributed by atoms with Gasteiger partial charge in [0, 0.05) is 44.2 Å². The summed E-state index contributed by atoms with van der Waals surface area (Å²) in [5.74, 6) is -2.33. The highest BCUT2D eigenvalue weighted by molar-refractivity contribution is 8.00. The zero-order valence-electron chi connectivity index (χ0n) is 18.0. The molecule has 1 fully saturated rings. The summed E-state index contributed by atoms with van der Waals surface area (Å²) in [6, 6.07) is 1.97. The molecule has 2 atom stereocenters. The first-order chi connectivity index (χ1) is 15.6. The summed E-state index contributed by atoms with van der Waals surface area (Å²) in [6.45, 7) is 4.62. The van der Waals surface area contributed by atoms with Crippen LogP contribution in [0.15, 0.2) is 22.0 Å². The number of carboxylic acid groups (broad SMARTS) is 1. The number of carbonyl (C=O) groups excluding carboxylic acids is 2. The number of anilines is 1. The second-order valence-electron chi connectivity index (χ2n) is 7.97. The molecule has 2 unspecified atom stereocenters. The number of aromatic carboxylic acids is 1. The predicted molar refractivity (Wildman–Crippen MR) is 126 cm³/mol. The molecule has 12 heteroatoms. The number of hydrogen-bond donors (Lipinski definition) is 3. The maximum atomic E-state index is 15.1. The number of aromatic nitrogens is 1. The number of rotatable bonds is 5. The van der Waals surface area contributed by atoms with Crippen LogP contribution >= 0.6 is 24.4 Å². The molecule has 2 N–H and O–H groups in total. The minimum absolute atomic E-state index is 0.0327. The number of nitrogens with zero attached hydrogens (tertiary/aromatic N) is 3. The van der Waals surface area contributed by atoms with Crippen LogP contribution in [0, 0.1) is 5.82 Å². The van der Waals surface area contributed by atoms with Crippen LogP contribution < -0.4 is 15.6 Å². The summed E-state index contributed by atoms with van der Waals surface area (Å²) in [5.41, 5.74) is -0.243. The molecule has 176 valence electrons. The number of pyridine rings is 1. The van der Waals surface area contributed by atoms with Gasteiger partial charge in [-0.25, -0.2) is 9.18 Å². The molecule has 2 aliphatic rings. The Morgan fingerprint density at radius 3 is 2.48 bits per heavy atom. The molecular formula is C21H23FN4O5S2. The Morgan fingerprint density at radius 1 is 1.27 bits per heavy atom. The fourth-order valence-corrected chi connectivity index (χ4v) is 5.69. The van der Waals surface area contributed by atoms with E-state index in [9.17, 15) is 24.3 Å². The third-order valence-electron chi connectivity index (χ3n) is 5.88. The fraction of sp³-hybridized carbons (Fsp3) is 0.429. The zero-order valence-corrected chi connectivity index (χ0v) is 19.7. The van der Waals surface area contributed by atoms with Crippen LogP contribution in [0.5, 0.6) is 0 Å². The van der Waals surface area contributed by atoms with Crippen molar-refractivity contribution < 1.29 is 23.9 Å². The number of amides is 2. The standard InChI is InChI=1S/C21H23FN4O5S2/c1-10(27)23-14(9-32)19(29)25-5-3-24(4-6-25)16-8-15-12(7-13(16)22)18(28)17(21(30)31)20-26(15)11(2)33-20/h7-8,11,14,32H,3-6,9H2,1-2H3,(H,23,27)(H,30,31). The van der Waals surface area contributed by atoms with Crippen LogP contribution in [-0.4, -0.2) is 70.3 Å². The van der Waals surface area contributed by atoms with Crippen LogP contribution in [0.1, 0.15) is 29.6 Å². The van der Waals surface area contributed by atoms with Gasteiger partial charge in [0.2, 0.25) is 17.2 Å². The van der Waals surface area contributed by atoms with Crippen molar-refractivity contribution in [3.63, 3.8) is 0 Å². The van der Waals surface area contributed by atoms with Crippen molar-refractivity contribution in [3.05, 3.63) is 33.7 Å². The Kier molecular flexibility index (Phi) is 6.32. The van der Waals surface area contributed by atoms with Crippen LogP contribution in [-0.2, 0) is 9.59 Å². The third kappa shape index (κ3) is 4.05. The Hall–Kier alpha value is -2.73. The summed E-state index contributed by atoms with van der Waals surface area (Å²) >= 11 is 5.43. The summed E-state index contributed by atoms with van der Waals surface area (Å²) in [7, 11) is 0. The molecule has 2 amide bonds. The molecule has 1 saturated heterocycles. The average molecular weight is 495 g/mol. The number of thioether (sulfide) groups is 1. The lowest BCUT2D eigenvalue weighted by molar-refractivity contribution is -0.135. The van der Waals surface area contributed by atoms with Gasteiger partial charge in [-0.15, -0.1) is 0 Å². The van der Waals surface area contributed by atoms with E-state index < -0.39 is 23.3 Å². The molecule has 3 heterocycles. The second kappa shape index (κ2) is 8.90. The molecule has 2 aromatic rings. The normalized spacial score (nSPS) is 18.5. The number of halogens is 1. The van der Waals surface area contributed by atoms with Gasteiger partial charge in [-0.3, -0.25) is 14.4 Å². The number of thiol groups is 1. The SMILES string of the molecule is CC(=O)NC(CS)C(=O)N1CCN(c2cc3c(cc2F)c(=O)c(C(=O)O)c2n3C(C)S2)CC1.